The maximum atomic E-state index is 12.3. The molecule has 4 fully saturated rings. The molecule has 0 saturated carbocycles. The van der Waals surface area contributed by atoms with E-state index in [1.807, 2.05) is 25.1 Å². The number of carbonyl (C=O) groups excluding carboxylic acids is 1. The molecule has 0 radical (unpaired) electrons. The molecule has 0 aromatic heterocycles. The summed E-state index contributed by atoms with van der Waals surface area (Å²) in [7, 11) is 16.3. The number of unbranched alkanes of at least 4 members (excludes halogenated alkanes) is 3. The average molecular weight is 1380 g/mol. The van der Waals surface area contributed by atoms with E-state index >= 15 is 0 Å². The van der Waals surface area contributed by atoms with E-state index < -0.39 is 11.9 Å². The van der Waals surface area contributed by atoms with Crippen LogP contribution in [0.3, 0.4) is 0 Å². The lowest BCUT2D eigenvalue weighted by molar-refractivity contribution is -0.910. The first-order chi connectivity index (χ1) is 45.5. The zero-order valence-electron chi connectivity index (χ0n) is 70.6. The summed E-state index contributed by atoms with van der Waals surface area (Å²) < 4.78 is 11.9. The molecule has 4 heterocycles. The number of ether oxygens (including phenoxy) is 1. The van der Waals surface area contributed by atoms with Crippen molar-refractivity contribution in [2.75, 3.05) is 135 Å². The van der Waals surface area contributed by atoms with Crippen LogP contribution in [0.4, 0.5) is 0 Å². The molecule has 1 N–H and O–H groups in total. The molecule has 0 spiro atoms. The summed E-state index contributed by atoms with van der Waals surface area (Å²) in [6, 6.07) is 26.0. The predicted octanol–water partition coefficient (Wildman–Crippen LogP) is 21.8. The first kappa shape index (κ1) is 91.6. The molecule has 9 nitrogen and oxygen atoms in total. The Hall–Kier alpha value is -3.44. The third-order valence-corrected chi connectivity index (χ3v) is 20.5. The van der Waals surface area contributed by atoms with Crippen LogP contribution >= 0.6 is 0 Å². The quantitative estimate of drug-likeness (QED) is 0.0469. The van der Waals surface area contributed by atoms with E-state index in [0.717, 1.165) is 55.5 Å². The number of carboxylic acid groups (broad SMARTS) is 1. The lowest BCUT2D eigenvalue weighted by Gasteiger charge is -2.29. The van der Waals surface area contributed by atoms with Crippen molar-refractivity contribution in [1.82, 2.24) is 0 Å². The number of ketones is 1. The molecular weight excluding hydrogens is 1220 g/mol. The van der Waals surface area contributed by atoms with Gasteiger partial charge in [-0.3, -0.25) is 9.59 Å². The van der Waals surface area contributed by atoms with Crippen molar-refractivity contribution in [1.29, 1.82) is 0 Å². The van der Waals surface area contributed by atoms with Gasteiger partial charge in [0.1, 0.15) is 19.6 Å². The zero-order chi connectivity index (χ0) is 75.1. The van der Waals surface area contributed by atoms with Crippen LogP contribution in [0.2, 0.25) is 0 Å². The molecule has 9 heteroatoms. The second-order valence-electron chi connectivity index (χ2n) is 41.2. The number of nitrogens with zero attached hydrogens (tertiary/aromatic N) is 5. The Morgan fingerprint density at radius 2 is 0.798 bits per heavy atom. The van der Waals surface area contributed by atoms with Gasteiger partial charge in [-0.25, -0.2) is 0 Å². The second kappa shape index (κ2) is 42.5. The van der Waals surface area contributed by atoms with Crippen molar-refractivity contribution in [3.05, 3.63) is 106 Å². The summed E-state index contributed by atoms with van der Waals surface area (Å²) in [6.45, 7) is 62.4. The van der Waals surface area contributed by atoms with Crippen LogP contribution in [0.25, 0.3) is 0 Å². The maximum absolute atomic E-state index is 12.3. The molecule has 0 aliphatic carbocycles. The smallest absolute Gasteiger partial charge is 0.306 e. The standard InChI is InChI=1S/C18H26O3.C17H28N.C15H26N.C14H30N.C13H28NO.C13H28N/c1-5-7-15(17(20)21)11-16(19)14-9-6-8-13(10-14)12-18(2,3)4;1-17(2,3)13-15-7-9-16(10-8-15)14-18(4)11-5-6-12-18;1-15(2,3)11-13-7-9-14(10-8-13)12-16(4,5)6;1-14(2,3)10-6-5-7-11-15(4)12-8-9-13-15;1-13(2,3)7-11-15-12-10-14(4)8-5-6-9-14;1-13(2,3)9-5-6-10-14(4)11-7-8-12-14/h6,8-10,15H,5,7,11-12H2,1-4H3,(H,20,21);7-10H,5-6,11-14H2,1-4H3;7-10H,11-12H2,1-6H3;5-13H2,1-4H3;5-12H2,1-4H3;5-12H2,1-4H3/q;5*+1/t15-;;;;;/m0...../s1. The fourth-order valence-electron chi connectivity index (χ4n) is 14.7. The summed E-state index contributed by atoms with van der Waals surface area (Å²) in [5, 5.41) is 9.16. The van der Waals surface area contributed by atoms with E-state index in [1.54, 1.807) is 6.07 Å². The number of likely N-dealkylation sites (tertiary alicyclic amines) is 4. The molecule has 0 unspecified atom stereocenters. The largest absolute Gasteiger partial charge is 0.481 e. The van der Waals surface area contributed by atoms with Crippen LogP contribution in [0.15, 0.2) is 72.8 Å². The van der Waals surface area contributed by atoms with E-state index in [-0.39, 0.29) is 17.6 Å². The van der Waals surface area contributed by atoms with Gasteiger partial charge >= 0.3 is 5.97 Å². The fraction of sp³-hybridized carbons (Fsp3) is 0.778. The summed E-state index contributed by atoms with van der Waals surface area (Å²) in [4.78, 5) is 23.4. The number of quaternary nitrogens is 5. The van der Waals surface area contributed by atoms with Crippen LogP contribution in [0.5, 0.6) is 0 Å². The number of Topliss-reactive ketones (excluding diaryl/α,β-unsaturated/α-hetero) is 1. The minimum atomic E-state index is -0.879. The molecule has 4 aliphatic heterocycles. The fourth-order valence-corrected chi connectivity index (χ4v) is 14.7. The van der Waals surface area contributed by atoms with Crippen LogP contribution in [0, 0.1) is 38.4 Å². The van der Waals surface area contributed by atoms with Crippen LogP contribution < -0.4 is 0 Å². The molecule has 1 atom stereocenters. The first-order valence-corrected chi connectivity index (χ1v) is 40.2. The van der Waals surface area contributed by atoms with Crippen LogP contribution in [-0.2, 0) is 41.9 Å². The number of carbonyl (C=O) groups is 2. The Balaban J connectivity index is 0.000000406. The molecule has 99 heavy (non-hydrogen) atoms. The van der Waals surface area contributed by atoms with Crippen molar-refractivity contribution in [3.8, 4) is 0 Å². The number of rotatable bonds is 27. The van der Waals surface area contributed by atoms with Gasteiger partial charge in [0.25, 0.3) is 0 Å². The number of aliphatic carboxylic acids is 1. The molecule has 4 saturated heterocycles. The minimum Gasteiger partial charge on any atom is -0.481 e. The Labute approximate surface area is 615 Å². The van der Waals surface area contributed by atoms with E-state index in [4.69, 9.17) is 9.84 Å². The van der Waals surface area contributed by atoms with Crippen molar-refractivity contribution >= 4 is 11.8 Å². The molecule has 570 valence electrons. The SMILES string of the molecule is CC(C)(C)CCCCC[N+]1(C)CCCC1.CC(C)(C)CCCC[N+]1(C)CCCC1.CC(C)(C)CCOCC[N+]1(C)CCCC1.CC(C)(C)Cc1ccc(C[N+](C)(C)C)cc1.CC(C)(C)Cc1ccc(C[N+]2(C)CCCC2)cc1.CCC[C@@H](CC(=O)c1cccc(CC(C)(C)C)c1)C(=O)O. The van der Waals surface area contributed by atoms with E-state index in [1.165, 1.54) is 221 Å². The van der Waals surface area contributed by atoms with Gasteiger partial charge in [0.2, 0.25) is 0 Å². The topological polar surface area (TPSA) is 63.6 Å². The van der Waals surface area contributed by atoms with E-state index in [9.17, 15) is 9.59 Å². The van der Waals surface area contributed by atoms with Gasteiger partial charge in [-0.05, 0) is 126 Å². The van der Waals surface area contributed by atoms with Gasteiger partial charge in [0.05, 0.1) is 127 Å². The van der Waals surface area contributed by atoms with Gasteiger partial charge in [0, 0.05) is 81.1 Å². The second-order valence-corrected chi connectivity index (χ2v) is 41.2. The highest BCUT2D eigenvalue weighted by atomic mass is 16.5. The molecule has 3 aromatic carbocycles. The molecule has 4 aliphatic rings. The Bertz CT molecular complexity index is 2560. The van der Waals surface area contributed by atoms with Crippen molar-refractivity contribution < 1.29 is 41.8 Å². The number of hydrogen-bond donors (Lipinski definition) is 1. The molecule has 0 amide bonds. The Morgan fingerprint density at radius 3 is 1.18 bits per heavy atom. The molecule has 3 aromatic rings. The molecule has 7 rings (SSSR count). The highest BCUT2D eigenvalue weighted by Crippen LogP contribution is 2.29. The van der Waals surface area contributed by atoms with Gasteiger partial charge in [-0.2, -0.15) is 0 Å². The Kier molecular flexibility index (Phi) is 39.3. The third kappa shape index (κ3) is 46.8. The zero-order valence-corrected chi connectivity index (χ0v) is 70.6. The number of carboxylic acids is 1. The van der Waals surface area contributed by atoms with Crippen molar-refractivity contribution in [2.24, 2.45) is 38.4 Å². The lowest BCUT2D eigenvalue weighted by Crippen LogP contribution is -2.43. The predicted molar refractivity (Wildman–Crippen MR) is 431 cm³/mol. The van der Waals surface area contributed by atoms with Crippen molar-refractivity contribution in [3.63, 3.8) is 0 Å². The monoisotopic (exact) mass is 1380 g/mol. The van der Waals surface area contributed by atoms with E-state index in [0.29, 0.717) is 39.1 Å². The van der Waals surface area contributed by atoms with Gasteiger partial charge < -0.3 is 32.3 Å². The minimum absolute atomic E-state index is 0.0772. The highest BCUT2D eigenvalue weighted by Gasteiger charge is 2.30. The normalized spacial score (nSPS) is 17.6. The third-order valence-electron chi connectivity index (χ3n) is 20.5. The van der Waals surface area contributed by atoms with E-state index in [2.05, 4.69) is 222 Å². The number of likely N-dealkylation sites (N-methyl/N-ethyl adjacent to an activating group) is 1. The maximum Gasteiger partial charge on any atom is 0.306 e. The van der Waals surface area contributed by atoms with Crippen molar-refractivity contribution in [2.45, 2.75) is 286 Å². The average Bonchev–Trinajstić information content (AvgIpc) is 1.83. The van der Waals surface area contributed by atoms with Gasteiger partial charge in [-0.15, -0.1) is 0 Å². The first-order valence-electron chi connectivity index (χ1n) is 40.2. The number of hydrogen-bond acceptors (Lipinski definition) is 3. The summed E-state index contributed by atoms with van der Waals surface area (Å²) in [6.07, 6.45) is 27.1. The van der Waals surface area contributed by atoms with Gasteiger partial charge in [0.15, 0.2) is 5.78 Å². The number of benzene rings is 3. The Morgan fingerprint density at radius 1 is 0.434 bits per heavy atom. The molecule has 0 bridgehead atoms. The van der Waals surface area contributed by atoms with Crippen LogP contribution in [0.1, 0.15) is 292 Å². The summed E-state index contributed by atoms with van der Waals surface area (Å²) >= 11 is 0. The highest BCUT2D eigenvalue weighted by molar-refractivity contribution is 5.98. The van der Waals surface area contributed by atoms with Gasteiger partial charge in [-0.1, -0.05) is 211 Å². The molecular formula is C90H166N5O4+5. The lowest BCUT2D eigenvalue weighted by atomic mass is 9.87. The van der Waals surface area contributed by atoms with Crippen LogP contribution in [-0.4, -0.2) is 174 Å². The summed E-state index contributed by atoms with van der Waals surface area (Å²) in [5.41, 5.74) is 9.97. The summed E-state index contributed by atoms with van der Waals surface area (Å²) in [5.74, 6) is -1.53.